The number of ether oxygens (including phenoxy) is 2. The van der Waals surface area contributed by atoms with Gasteiger partial charge in [-0.1, -0.05) is 12.6 Å². The summed E-state index contributed by atoms with van der Waals surface area (Å²) in [6.45, 7) is 13.0. The van der Waals surface area contributed by atoms with Crippen molar-refractivity contribution in [3.8, 4) is 11.5 Å². The predicted molar refractivity (Wildman–Crippen MR) is 91.5 cm³/mol. The summed E-state index contributed by atoms with van der Waals surface area (Å²) in [5.41, 5.74) is 1.24. The Bertz CT molecular complexity index is 607. The first kappa shape index (κ1) is 15.6. The van der Waals surface area contributed by atoms with Crippen molar-refractivity contribution < 1.29 is 9.47 Å². The summed E-state index contributed by atoms with van der Waals surface area (Å²) >= 11 is 0. The van der Waals surface area contributed by atoms with Crippen molar-refractivity contribution in [2.45, 2.75) is 6.54 Å². The highest BCUT2D eigenvalue weighted by Crippen LogP contribution is 2.31. The molecule has 0 bridgehead atoms. The number of hydrogen-bond donors (Lipinski definition) is 0. The van der Waals surface area contributed by atoms with Crippen LogP contribution >= 0.6 is 0 Å². The molecule has 6 heteroatoms. The second-order valence-electron chi connectivity index (χ2n) is 5.51. The fourth-order valence-electron chi connectivity index (χ4n) is 2.85. The highest BCUT2D eigenvalue weighted by molar-refractivity contribution is 5.84. The molecule has 2 heterocycles. The first-order valence-corrected chi connectivity index (χ1v) is 7.81. The van der Waals surface area contributed by atoms with E-state index in [0.29, 0.717) is 19.2 Å². The molecule has 0 radical (unpaired) electrons. The molecule has 0 unspecified atom stereocenters. The molecule has 0 aliphatic carbocycles. The second-order valence-corrected chi connectivity index (χ2v) is 5.51. The van der Waals surface area contributed by atoms with Crippen LogP contribution in [0.15, 0.2) is 41.0 Å². The molecule has 0 aromatic heterocycles. The van der Waals surface area contributed by atoms with Crippen LogP contribution in [0.4, 0.5) is 0 Å². The molecule has 0 atom stereocenters. The van der Waals surface area contributed by atoms with Crippen LogP contribution in [-0.4, -0.2) is 61.9 Å². The van der Waals surface area contributed by atoms with E-state index >= 15 is 0 Å². The fraction of sp³-hybridized carbons (Fsp3) is 0.412. The Balaban J connectivity index is 1.57. The number of piperazine rings is 1. The van der Waals surface area contributed by atoms with Crippen molar-refractivity contribution in [3.05, 3.63) is 36.5 Å². The lowest BCUT2D eigenvalue weighted by molar-refractivity contribution is 0.167. The molecule has 2 aliphatic heterocycles. The molecule has 6 nitrogen and oxygen atoms in total. The maximum absolute atomic E-state index is 5.65. The van der Waals surface area contributed by atoms with Crippen molar-refractivity contribution in [3.63, 3.8) is 0 Å². The van der Waals surface area contributed by atoms with Gasteiger partial charge >= 0.3 is 0 Å². The van der Waals surface area contributed by atoms with Gasteiger partial charge in [-0.3, -0.25) is 4.90 Å². The Kier molecular flexibility index (Phi) is 4.92. The molecule has 0 amide bonds. The molecule has 23 heavy (non-hydrogen) atoms. The first-order chi connectivity index (χ1) is 11.3. The van der Waals surface area contributed by atoms with Gasteiger partial charge in [-0.2, -0.15) is 0 Å². The smallest absolute Gasteiger partial charge is 0.224 e. The summed E-state index contributed by atoms with van der Waals surface area (Å²) < 4.78 is 11.2. The van der Waals surface area contributed by atoms with E-state index in [1.165, 1.54) is 11.8 Å². The van der Waals surface area contributed by atoms with Gasteiger partial charge in [-0.05, 0) is 24.4 Å². The Labute approximate surface area is 136 Å². The van der Waals surface area contributed by atoms with Crippen LogP contribution < -0.4 is 9.47 Å². The van der Waals surface area contributed by atoms with Crippen LogP contribution in [0.5, 0.6) is 11.5 Å². The van der Waals surface area contributed by atoms with Gasteiger partial charge in [0.05, 0.1) is 0 Å². The van der Waals surface area contributed by atoms with Gasteiger partial charge in [-0.25, -0.2) is 9.98 Å². The zero-order chi connectivity index (χ0) is 16.1. The van der Waals surface area contributed by atoms with Gasteiger partial charge in [0.2, 0.25) is 5.96 Å². The van der Waals surface area contributed by atoms with Gasteiger partial charge < -0.3 is 14.4 Å². The molecule has 1 aromatic rings. The van der Waals surface area contributed by atoms with Crippen molar-refractivity contribution >= 4 is 12.7 Å². The van der Waals surface area contributed by atoms with E-state index in [0.717, 1.165) is 44.2 Å². The highest BCUT2D eigenvalue weighted by atomic mass is 16.6. The highest BCUT2D eigenvalue weighted by Gasteiger charge is 2.20. The number of guanidine groups is 1. The van der Waals surface area contributed by atoms with E-state index in [1.807, 2.05) is 6.07 Å². The van der Waals surface area contributed by atoms with Crippen LogP contribution in [0.25, 0.3) is 0 Å². The topological polar surface area (TPSA) is 49.7 Å². The molecule has 0 N–H and O–H groups in total. The molecule has 122 valence electrons. The third-order valence-corrected chi connectivity index (χ3v) is 4.02. The molecular formula is C17H22N4O2. The van der Waals surface area contributed by atoms with Crippen molar-refractivity contribution in [1.82, 2.24) is 9.80 Å². The molecular weight excluding hydrogens is 292 g/mol. The zero-order valence-corrected chi connectivity index (χ0v) is 13.3. The summed E-state index contributed by atoms with van der Waals surface area (Å²) in [5.74, 6) is 2.34. The molecule has 3 rings (SSSR count). The number of rotatable bonds is 3. The summed E-state index contributed by atoms with van der Waals surface area (Å²) in [6, 6.07) is 6.18. The number of nitrogens with zero attached hydrogens (tertiary/aromatic N) is 4. The van der Waals surface area contributed by atoms with E-state index in [9.17, 15) is 0 Å². The Morgan fingerprint density at radius 3 is 2.57 bits per heavy atom. The minimum absolute atomic E-state index is 0.620. The lowest BCUT2D eigenvalue weighted by atomic mass is 10.1. The predicted octanol–water partition coefficient (Wildman–Crippen LogP) is 1.78. The van der Waals surface area contributed by atoms with Crippen LogP contribution in [0.3, 0.4) is 0 Å². The lowest BCUT2D eigenvalue weighted by Crippen LogP contribution is -2.47. The van der Waals surface area contributed by atoms with Gasteiger partial charge in [0, 0.05) is 38.9 Å². The van der Waals surface area contributed by atoms with E-state index in [1.54, 1.807) is 0 Å². The van der Waals surface area contributed by atoms with E-state index in [-0.39, 0.29) is 0 Å². The van der Waals surface area contributed by atoms with Gasteiger partial charge in [-0.15, -0.1) is 0 Å². The van der Waals surface area contributed by atoms with Gasteiger partial charge in [0.1, 0.15) is 13.2 Å². The third kappa shape index (κ3) is 3.71. The first-order valence-electron chi connectivity index (χ1n) is 7.81. The van der Waals surface area contributed by atoms with Crippen LogP contribution in [0.1, 0.15) is 5.56 Å². The summed E-state index contributed by atoms with van der Waals surface area (Å²) in [5, 5.41) is 0. The largest absolute Gasteiger partial charge is 0.486 e. The zero-order valence-electron chi connectivity index (χ0n) is 13.3. The van der Waals surface area contributed by atoms with E-state index in [4.69, 9.17) is 9.47 Å². The number of hydrogen-bond acceptors (Lipinski definition) is 4. The average molecular weight is 314 g/mol. The minimum Gasteiger partial charge on any atom is -0.486 e. The molecule has 2 aliphatic rings. The standard InChI is InChI=1S/C17H22N4O2/c1-3-19-17(18-2)21-8-6-20(7-9-21)13-14-4-5-15-16(12-14)23-11-10-22-15/h3-5,12H,1-2,6-11,13H2. The van der Waals surface area contributed by atoms with Gasteiger partial charge in [0.15, 0.2) is 11.5 Å². The number of fused-ring (bicyclic) bond motifs is 1. The summed E-state index contributed by atoms with van der Waals surface area (Å²) in [4.78, 5) is 12.7. The van der Waals surface area contributed by atoms with Crippen molar-refractivity contribution in [2.24, 2.45) is 9.98 Å². The van der Waals surface area contributed by atoms with E-state index in [2.05, 4.69) is 45.2 Å². The maximum Gasteiger partial charge on any atom is 0.224 e. The molecule has 1 saturated heterocycles. The second kappa shape index (κ2) is 7.28. The molecule has 1 fully saturated rings. The quantitative estimate of drug-likeness (QED) is 0.630. The minimum atomic E-state index is 0.620. The lowest BCUT2D eigenvalue weighted by Gasteiger charge is -2.35. The van der Waals surface area contributed by atoms with Crippen LogP contribution in [0, 0.1) is 0 Å². The summed E-state index contributed by atoms with van der Waals surface area (Å²) in [7, 11) is 0. The fourth-order valence-corrected chi connectivity index (χ4v) is 2.85. The number of benzene rings is 1. The molecule has 0 saturated carbocycles. The Morgan fingerprint density at radius 2 is 1.87 bits per heavy atom. The third-order valence-electron chi connectivity index (χ3n) is 4.02. The van der Waals surface area contributed by atoms with Crippen LogP contribution in [-0.2, 0) is 6.54 Å². The van der Waals surface area contributed by atoms with E-state index < -0.39 is 0 Å². The SMILES string of the molecule is C=CN=C(N=C)N1CCN(Cc2ccc3c(c2)OCCO3)CC1. The number of aliphatic imine (C=N–C) groups is 2. The van der Waals surface area contributed by atoms with Crippen molar-refractivity contribution in [2.75, 3.05) is 39.4 Å². The van der Waals surface area contributed by atoms with Crippen molar-refractivity contribution in [1.29, 1.82) is 0 Å². The monoisotopic (exact) mass is 314 g/mol. The Hall–Kier alpha value is -2.34. The molecule has 1 aromatic carbocycles. The maximum atomic E-state index is 5.65. The average Bonchev–Trinajstić information content (AvgIpc) is 2.60. The normalized spacial score (nSPS) is 18.6. The molecule has 0 spiro atoms. The Morgan fingerprint density at radius 1 is 1.13 bits per heavy atom. The summed E-state index contributed by atoms with van der Waals surface area (Å²) in [6.07, 6.45) is 1.51. The van der Waals surface area contributed by atoms with Crippen LogP contribution in [0.2, 0.25) is 0 Å². The van der Waals surface area contributed by atoms with Gasteiger partial charge in [0.25, 0.3) is 0 Å².